The average Bonchev–Trinajstić information content (AvgIpc) is 3.77. The van der Waals surface area contributed by atoms with E-state index in [1.54, 1.807) is 0 Å². The van der Waals surface area contributed by atoms with Gasteiger partial charge >= 0.3 is 19.5 Å². The van der Waals surface area contributed by atoms with Crippen molar-refractivity contribution >= 4 is 42.3 Å². The quantitative estimate of drug-likeness (QED) is 0.137. The van der Waals surface area contributed by atoms with Gasteiger partial charge in [-0.1, -0.05) is 118 Å². The normalized spacial score (nSPS) is 13.5. The second-order valence-corrected chi connectivity index (χ2v) is 18.5. The smallest absolute Gasteiger partial charge is 0.657 e. The predicted octanol–water partition coefficient (Wildman–Crippen LogP) is 9.13. The number of hydrogen-bond donors (Lipinski definition) is 0. The van der Waals surface area contributed by atoms with E-state index in [0.717, 1.165) is 79.1 Å². The molecule has 0 saturated heterocycles. The van der Waals surface area contributed by atoms with Crippen LogP contribution in [-0.4, -0.2) is 18.0 Å². The topological polar surface area (TPSA) is 54.0 Å². The molecule has 0 saturated carbocycles. The van der Waals surface area contributed by atoms with E-state index < -0.39 is 8.07 Å². The summed E-state index contributed by atoms with van der Waals surface area (Å²) in [5, 5.41) is 0. The molecule has 8 bridgehead atoms. The first-order chi connectivity index (χ1) is 21.5. The first kappa shape index (κ1) is 31.7. The summed E-state index contributed by atoms with van der Waals surface area (Å²) in [7, 11) is -1.45. The maximum Gasteiger partial charge on any atom is 2.00 e. The Morgan fingerprint density at radius 3 is 2.20 bits per heavy atom. The van der Waals surface area contributed by atoms with Crippen molar-refractivity contribution in [2.45, 2.75) is 52.2 Å². The number of aryl methyl sites for hydroxylation is 1. The summed E-state index contributed by atoms with van der Waals surface area (Å²) in [5.41, 5.74) is 17.3. The second kappa shape index (κ2) is 12.1. The van der Waals surface area contributed by atoms with E-state index in [9.17, 15) is 0 Å². The molecule has 2 aromatic carbocycles. The van der Waals surface area contributed by atoms with Crippen LogP contribution in [0.3, 0.4) is 0 Å². The minimum atomic E-state index is -1.45. The number of fused-ring (bicyclic) bond motifs is 8. The van der Waals surface area contributed by atoms with Gasteiger partial charge in [0, 0.05) is 28.8 Å². The van der Waals surface area contributed by atoms with Gasteiger partial charge in [-0.05, 0) is 53.5 Å². The molecule has 0 aliphatic carbocycles. The van der Waals surface area contributed by atoms with Gasteiger partial charge in [0.25, 0.3) is 0 Å². The molecule has 4 nitrogen and oxygen atoms in total. The van der Waals surface area contributed by atoms with Crippen LogP contribution >= 0.6 is 0 Å². The summed E-state index contributed by atoms with van der Waals surface area (Å²) in [6.45, 7) is 13.4. The number of aromatic nitrogens is 4. The molecule has 6 heteroatoms. The third-order valence-corrected chi connectivity index (χ3v) is 9.11. The molecule has 0 unspecified atom stereocenters. The summed E-state index contributed by atoms with van der Waals surface area (Å²) < 4.78 is 0. The fourth-order valence-corrected chi connectivity index (χ4v) is 6.37. The minimum absolute atomic E-state index is 0. The molecule has 222 valence electrons. The van der Waals surface area contributed by atoms with Crippen LogP contribution in [0.4, 0.5) is 0 Å². The zero-order chi connectivity index (χ0) is 31.3. The van der Waals surface area contributed by atoms with Crippen molar-refractivity contribution in [3.63, 3.8) is 0 Å². The standard InChI is InChI=1S/C40H36N4Si.Zn/c1-26-7-11-29(12-8-26)39-35-17-15-30(41-35)23-37-34(28-13-9-27(10-14-28)19-20-45(4,5)6)22-32(43-37)21-33-25-40(2,3)38(44-33)24-31-16-18-36(39)42-31;/h7-18,21-24H,25H2,1-6H3;/q-2;+2. The molecule has 0 amide bonds. The van der Waals surface area contributed by atoms with Crippen LogP contribution in [0, 0.1) is 18.4 Å². The van der Waals surface area contributed by atoms with Crippen LogP contribution in [0.25, 0.3) is 56.5 Å². The molecule has 46 heavy (non-hydrogen) atoms. The van der Waals surface area contributed by atoms with Crippen LogP contribution in [0.15, 0.2) is 84.9 Å². The molecule has 0 spiro atoms. The fraction of sp³-hybridized carbons (Fsp3) is 0.200. The van der Waals surface area contributed by atoms with Gasteiger partial charge < -0.3 is 9.97 Å². The maximum atomic E-state index is 5.11. The molecule has 0 N–H and O–H groups in total. The van der Waals surface area contributed by atoms with Crippen LogP contribution in [0.5, 0.6) is 0 Å². The third-order valence-electron chi connectivity index (χ3n) is 8.24. The maximum absolute atomic E-state index is 5.11. The van der Waals surface area contributed by atoms with Crippen molar-refractivity contribution in [1.29, 1.82) is 0 Å². The van der Waals surface area contributed by atoms with Crippen LogP contribution < -0.4 is 9.97 Å². The summed E-state index contributed by atoms with van der Waals surface area (Å²) >= 11 is 0. The van der Waals surface area contributed by atoms with Crippen molar-refractivity contribution in [3.8, 4) is 33.7 Å². The number of hydrogen-bond acceptors (Lipinski definition) is 2. The van der Waals surface area contributed by atoms with Gasteiger partial charge in [0.05, 0.1) is 11.4 Å². The summed E-state index contributed by atoms with van der Waals surface area (Å²) in [6, 6.07) is 29.8. The van der Waals surface area contributed by atoms with Gasteiger partial charge in [-0.2, -0.15) is 0 Å². The second-order valence-electron chi connectivity index (χ2n) is 13.8. The first-order valence-corrected chi connectivity index (χ1v) is 19.0. The van der Waals surface area contributed by atoms with Gasteiger partial charge in [-0.25, -0.2) is 4.98 Å². The Labute approximate surface area is 285 Å². The van der Waals surface area contributed by atoms with Crippen molar-refractivity contribution in [1.82, 2.24) is 19.9 Å². The van der Waals surface area contributed by atoms with E-state index in [-0.39, 0.29) is 24.9 Å². The molecule has 3 aromatic heterocycles. The number of rotatable bonds is 2. The average molecular weight is 666 g/mol. The zero-order valence-corrected chi connectivity index (χ0v) is 31.4. The molecule has 2 aliphatic rings. The molecular formula is C40H36N4SiZn. The predicted molar refractivity (Wildman–Crippen MR) is 190 cm³/mol. The van der Waals surface area contributed by atoms with E-state index in [1.165, 1.54) is 5.56 Å². The largest absolute Gasteiger partial charge is 2.00 e. The number of nitrogens with zero attached hydrogens (tertiary/aromatic N) is 4. The Bertz CT molecular complexity index is 2200. The van der Waals surface area contributed by atoms with Crippen LogP contribution in [0.2, 0.25) is 19.6 Å². The molecule has 0 radical (unpaired) electrons. The van der Waals surface area contributed by atoms with Gasteiger partial charge in [0.2, 0.25) is 0 Å². The van der Waals surface area contributed by atoms with Crippen LogP contribution in [0.1, 0.15) is 47.8 Å². The Kier molecular flexibility index (Phi) is 8.36. The van der Waals surface area contributed by atoms with Crippen molar-refractivity contribution in [2.24, 2.45) is 0 Å². The summed E-state index contributed by atoms with van der Waals surface area (Å²) in [4.78, 5) is 20.4. The Hall–Kier alpha value is -4.30. The van der Waals surface area contributed by atoms with Crippen molar-refractivity contribution < 1.29 is 19.5 Å². The Balaban J connectivity index is 0.00000372. The van der Waals surface area contributed by atoms with E-state index in [4.69, 9.17) is 19.9 Å². The van der Waals surface area contributed by atoms with Gasteiger partial charge in [0.1, 0.15) is 8.07 Å². The fourth-order valence-electron chi connectivity index (χ4n) is 5.85. The molecule has 0 atom stereocenters. The van der Waals surface area contributed by atoms with E-state index >= 15 is 0 Å². The van der Waals surface area contributed by atoms with E-state index in [1.807, 2.05) is 0 Å². The van der Waals surface area contributed by atoms with Gasteiger partial charge in [-0.3, -0.25) is 4.98 Å². The number of benzene rings is 2. The summed E-state index contributed by atoms with van der Waals surface area (Å²) in [6.07, 6.45) is 5.00. The summed E-state index contributed by atoms with van der Waals surface area (Å²) in [5.74, 6) is 3.37. The first-order valence-electron chi connectivity index (χ1n) is 15.5. The monoisotopic (exact) mass is 664 g/mol. The van der Waals surface area contributed by atoms with Gasteiger partial charge in [0.15, 0.2) is 0 Å². The molecule has 5 heterocycles. The SMILES string of the molecule is Cc1ccc(-c2c3nc(cc4[n-]c(cc5nc(cc6ccc2[n-]6)C(C)(C)C5)cc4-c2ccc(C#C[Si](C)(C)C)cc2)C=C3)cc1.[Zn+2]. The third kappa shape index (κ3) is 6.63. The van der Waals surface area contributed by atoms with Crippen LogP contribution in [-0.2, 0) is 31.3 Å². The van der Waals surface area contributed by atoms with E-state index in [2.05, 4.69) is 149 Å². The molecular weight excluding hydrogens is 630 g/mol. The minimum Gasteiger partial charge on any atom is -0.657 e. The molecule has 2 aliphatic heterocycles. The molecule has 5 aromatic rings. The van der Waals surface area contributed by atoms with E-state index in [0.29, 0.717) is 0 Å². The molecule has 0 fully saturated rings. The molecule has 7 rings (SSSR count). The zero-order valence-electron chi connectivity index (χ0n) is 27.4. The Morgan fingerprint density at radius 1 is 0.739 bits per heavy atom. The van der Waals surface area contributed by atoms with Gasteiger partial charge in [-0.15, -0.1) is 27.6 Å². The van der Waals surface area contributed by atoms with Crippen molar-refractivity contribution in [3.05, 3.63) is 119 Å². The Morgan fingerprint density at radius 2 is 1.46 bits per heavy atom. The van der Waals surface area contributed by atoms with Crippen molar-refractivity contribution in [2.75, 3.05) is 0 Å².